The number of anilines is 1. The van der Waals surface area contributed by atoms with Crippen LogP contribution in [0.15, 0.2) is 24.3 Å². The second-order valence-corrected chi connectivity index (χ2v) is 5.91. The Morgan fingerprint density at radius 2 is 1.76 bits per heavy atom. The van der Waals surface area contributed by atoms with E-state index in [1.165, 1.54) is 18.9 Å². The molecular formula is C15H19F3N2O. The van der Waals surface area contributed by atoms with Crippen LogP contribution in [0.3, 0.4) is 0 Å². The second-order valence-electron chi connectivity index (χ2n) is 5.91. The molecule has 0 radical (unpaired) electrons. The first-order valence-electron chi connectivity index (χ1n) is 7.25. The summed E-state index contributed by atoms with van der Waals surface area (Å²) in [6.07, 6.45) is -0.371. The van der Waals surface area contributed by atoms with Crippen LogP contribution in [0.1, 0.15) is 25.7 Å². The molecule has 2 aliphatic heterocycles. The Balaban J connectivity index is 1.71. The maximum Gasteiger partial charge on any atom is 0.573 e. The van der Waals surface area contributed by atoms with Gasteiger partial charge < -0.3 is 15.0 Å². The highest BCUT2D eigenvalue weighted by molar-refractivity contribution is 5.57. The summed E-state index contributed by atoms with van der Waals surface area (Å²) in [5.41, 5.74) is 0.420. The molecule has 1 aromatic rings. The van der Waals surface area contributed by atoms with E-state index in [0.717, 1.165) is 12.8 Å². The molecule has 2 unspecified atom stereocenters. The fourth-order valence-electron chi connectivity index (χ4n) is 3.55. The maximum atomic E-state index is 12.4. The number of rotatable bonds is 3. The summed E-state index contributed by atoms with van der Waals surface area (Å²) in [5.74, 6) is -0.156. The van der Waals surface area contributed by atoms with E-state index in [4.69, 9.17) is 0 Å². The monoisotopic (exact) mass is 300 g/mol. The van der Waals surface area contributed by atoms with Gasteiger partial charge >= 0.3 is 6.36 Å². The molecule has 3 rings (SSSR count). The lowest BCUT2D eigenvalue weighted by Gasteiger charge is -2.37. The maximum absolute atomic E-state index is 12.4. The molecule has 116 valence electrons. The fourth-order valence-corrected chi connectivity index (χ4v) is 3.55. The number of nitrogens with zero attached hydrogens (tertiary/aromatic N) is 1. The lowest BCUT2D eigenvalue weighted by atomic mass is 9.97. The Morgan fingerprint density at radius 1 is 1.14 bits per heavy atom. The molecule has 0 saturated carbocycles. The largest absolute Gasteiger partial charge is 0.573 e. The lowest BCUT2D eigenvalue weighted by Crippen LogP contribution is -2.44. The molecule has 1 N–H and O–H groups in total. The topological polar surface area (TPSA) is 24.5 Å². The average Bonchev–Trinajstić information content (AvgIpc) is 2.62. The Hall–Kier alpha value is -1.43. The van der Waals surface area contributed by atoms with Crippen molar-refractivity contribution < 1.29 is 17.9 Å². The summed E-state index contributed by atoms with van der Waals surface area (Å²) in [7, 11) is 2.14. The van der Waals surface area contributed by atoms with Gasteiger partial charge in [0.15, 0.2) is 5.75 Å². The number of piperidine rings is 1. The number of alkyl halides is 3. The van der Waals surface area contributed by atoms with Crippen molar-refractivity contribution in [3.05, 3.63) is 24.3 Å². The van der Waals surface area contributed by atoms with Crippen molar-refractivity contribution in [2.24, 2.45) is 0 Å². The molecule has 2 aliphatic rings. The molecule has 3 nitrogen and oxygen atoms in total. The molecule has 0 aromatic heterocycles. The zero-order chi connectivity index (χ0) is 15.0. The Kier molecular flexibility index (Phi) is 3.73. The Morgan fingerprint density at radius 3 is 2.38 bits per heavy atom. The van der Waals surface area contributed by atoms with E-state index in [9.17, 15) is 13.2 Å². The molecule has 2 heterocycles. The number of nitrogens with one attached hydrogen (secondary N) is 1. The highest BCUT2D eigenvalue weighted by atomic mass is 19.4. The van der Waals surface area contributed by atoms with E-state index in [2.05, 4.69) is 22.0 Å². The third-order valence-corrected chi connectivity index (χ3v) is 4.57. The molecule has 21 heavy (non-hydrogen) atoms. The van der Waals surface area contributed by atoms with Crippen molar-refractivity contribution in [3.63, 3.8) is 0 Å². The predicted octanol–water partition coefficient (Wildman–Crippen LogP) is 3.62. The molecule has 2 bridgehead atoms. The van der Waals surface area contributed by atoms with E-state index in [0.29, 0.717) is 17.8 Å². The standard InChI is InChI=1S/C15H19F3N2O/c1-20-11-6-7-12(20)9-10(8-11)19-13-4-2-3-5-14(13)21-15(16,17)18/h2-5,10-12,19H,6-9H2,1H3. The molecule has 2 atom stereocenters. The quantitative estimate of drug-likeness (QED) is 0.922. The SMILES string of the molecule is CN1C2CCC1CC(Nc1ccccc1OC(F)(F)F)C2. The van der Waals surface area contributed by atoms with Crippen molar-refractivity contribution in [1.82, 2.24) is 4.90 Å². The summed E-state index contributed by atoms with van der Waals surface area (Å²) in [6, 6.07) is 7.53. The number of hydrogen-bond donors (Lipinski definition) is 1. The summed E-state index contributed by atoms with van der Waals surface area (Å²) in [6.45, 7) is 0. The number of fused-ring (bicyclic) bond motifs is 2. The van der Waals surface area contributed by atoms with Crippen LogP contribution in [0.4, 0.5) is 18.9 Å². The molecule has 2 fully saturated rings. The van der Waals surface area contributed by atoms with E-state index >= 15 is 0 Å². The number of hydrogen-bond acceptors (Lipinski definition) is 3. The minimum Gasteiger partial charge on any atom is -0.404 e. The molecule has 6 heteroatoms. The van der Waals surface area contributed by atoms with Crippen LogP contribution in [0.5, 0.6) is 5.75 Å². The van der Waals surface area contributed by atoms with Crippen LogP contribution in [0.2, 0.25) is 0 Å². The van der Waals surface area contributed by atoms with E-state index in [1.54, 1.807) is 18.2 Å². The zero-order valence-corrected chi connectivity index (χ0v) is 11.9. The van der Waals surface area contributed by atoms with Gasteiger partial charge in [0.25, 0.3) is 0 Å². The Bertz CT molecular complexity index is 492. The third-order valence-electron chi connectivity index (χ3n) is 4.57. The second kappa shape index (κ2) is 5.40. The average molecular weight is 300 g/mol. The van der Waals surface area contributed by atoms with Gasteiger partial charge in [-0.05, 0) is 44.9 Å². The summed E-state index contributed by atoms with van der Waals surface area (Å²) < 4.78 is 41.4. The molecule has 0 spiro atoms. The molecular weight excluding hydrogens is 281 g/mol. The fraction of sp³-hybridized carbons (Fsp3) is 0.600. The molecule has 0 amide bonds. The van der Waals surface area contributed by atoms with E-state index in [-0.39, 0.29) is 11.8 Å². The Labute approximate surface area is 122 Å². The van der Waals surface area contributed by atoms with Crippen LogP contribution < -0.4 is 10.1 Å². The van der Waals surface area contributed by atoms with Crippen LogP contribution >= 0.6 is 0 Å². The highest BCUT2D eigenvalue weighted by Crippen LogP contribution is 2.37. The minimum absolute atomic E-state index is 0.156. The molecule has 1 aromatic carbocycles. The van der Waals surface area contributed by atoms with Gasteiger partial charge in [0.1, 0.15) is 0 Å². The van der Waals surface area contributed by atoms with Crippen LogP contribution in [-0.4, -0.2) is 36.4 Å². The van der Waals surface area contributed by atoms with Crippen LogP contribution in [0.25, 0.3) is 0 Å². The summed E-state index contributed by atoms with van der Waals surface area (Å²) >= 11 is 0. The first-order valence-corrected chi connectivity index (χ1v) is 7.25. The van der Waals surface area contributed by atoms with Crippen molar-refractivity contribution in [2.45, 2.75) is 50.2 Å². The van der Waals surface area contributed by atoms with Gasteiger partial charge in [-0.1, -0.05) is 12.1 Å². The normalized spacial score (nSPS) is 29.4. The minimum atomic E-state index is -4.66. The van der Waals surface area contributed by atoms with Crippen molar-refractivity contribution in [3.8, 4) is 5.75 Å². The number of halogens is 3. The van der Waals surface area contributed by atoms with Crippen molar-refractivity contribution in [2.75, 3.05) is 12.4 Å². The van der Waals surface area contributed by atoms with Gasteiger partial charge in [-0.3, -0.25) is 0 Å². The number of para-hydroxylation sites is 2. The van der Waals surface area contributed by atoms with Gasteiger partial charge in [-0.25, -0.2) is 0 Å². The van der Waals surface area contributed by atoms with Gasteiger partial charge in [0.2, 0.25) is 0 Å². The van der Waals surface area contributed by atoms with E-state index < -0.39 is 6.36 Å². The predicted molar refractivity (Wildman–Crippen MR) is 74.3 cm³/mol. The molecule has 2 saturated heterocycles. The van der Waals surface area contributed by atoms with Crippen LogP contribution in [-0.2, 0) is 0 Å². The lowest BCUT2D eigenvalue weighted by molar-refractivity contribution is -0.274. The van der Waals surface area contributed by atoms with Gasteiger partial charge in [-0.2, -0.15) is 0 Å². The first-order chi connectivity index (χ1) is 9.92. The van der Waals surface area contributed by atoms with E-state index in [1.807, 2.05) is 0 Å². The zero-order valence-electron chi connectivity index (χ0n) is 11.9. The molecule has 0 aliphatic carbocycles. The number of ether oxygens (including phenoxy) is 1. The van der Waals surface area contributed by atoms with Gasteiger partial charge in [0, 0.05) is 18.1 Å². The highest BCUT2D eigenvalue weighted by Gasteiger charge is 2.39. The van der Waals surface area contributed by atoms with Crippen LogP contribution in [0, 0.1) is 0 Å². The summed E-state index contributed by atoms with van der Waals surface area (Å²) in [4.78, 5) is 2.40. The van der Waals surface area contributed by atoms with Crippen molar-refractivity contribution >= 4 is 5.69 Å². The number of benzene rings is 1. The summed E-state index contributed by atoms with van der Waals surface area (Å²) in [5, 5.41) is 3.24. The third kappa shape index (κ3) is 3.26. The smallest absolute Gasteiger partial charge is 0.404 e. The van der Waals surface area contributed by atoms with Crippen molar-refractivity contribution in [1.29, 1.82) is 0 Å². The van der Waals surface area contributed by atoms with Gasteiger partial charge in [-0.15, -0.1) is 13.2 Å². The van der Waals surface area contributed by atoms with Gasteiger partial charge in [0.05, 0.1) is 5.69 Å². The first kappa shape index (κ1) is 14.5.